The maximum absolute atomic E-state index is 11.7. The first-order valence-electron chi connectivity index (χ1n) is 18.9. The Morgan fingerprint density at radius 1 is 0.702 bits per heavy atom. The van der Waals surface area contributed by atoms with Gasteiger partial charge in [0, 0.05) is 73.8 Å². The van der Waals surface area contributed by atoms with Gasteiger partial charge in [0.1, 0.15) is 0 Å². The maximum atomic E-state index is 11.7. The van der Waals surface area contributed by atoms with Crippen molar-refractivity contribution in [2.75, 3.05) is 52.6 Å². The van der Waals surface area contributed by atoms with E-state index >= 15 is 0 Å². The lowest BCUT2D eigenvalue weighted by Gasteiger charge is -2.20. The molecule has 0 bridgehead atoms. The van der Waals surface area contributed by atoms with Gasteiger partial charge in [0.05, 0.1) is 79.7 Å². The summed E-state index contributed by atoms with van der Waals surface area (Å²) >= 11 is 0. The summed E-state index contributed by atoms with van der Waals surface area (Å²) in [6.07, 6.45) is 8.71. The van der Waals surface area contributed by atoms with E-state index in [-0.39, 0.29) is 54.3 Å². The standard InChI is InChI=1S/C13H17N3O3.C13H16N2O4.C12H17N3O4/c17-6-9-4-16(5-11(9)18)3-8-1-2-10-12(8)14-7-15-13(10)19;16-4-6-3-9(12(18)11(6)17)7-1-2-8-10(7)14-5-15-13(8)19;16-4-9(10(18)5-17)13-3-7-1-2-8-11(7)14-6-15-12(8)19/h1,7,9,11,17-18H,2-6H2,(H,14,15,19);1,5-6,9,11-12,16-18H,2-4H2,(H,14,15,19);1,6,9-10,13,16-18H,2-5H2,(H,14,15,19)/t9-,11+;6-,9+,11-,12+;9-,10-/m111/s1. The van der Waals surface area contributed by atoms with E-state index in [0.717, 1.165) is 28.0 Å². The molecule has 0 spiro atoms. The zero-order chi connectivity index (χ0) is 40.8. The fourth-order valence-corrected chi connectivity index (χ4v) is 8.03. The summed E-state index contributed by atoms with van der Waals surface area (Å²) < 4.78 is 0. The zero-order valence-corrected chi connectivity index (χ0v) is 31.2. The van der Waals surface area contributed by atoms with E-state index in [1.807, 2.05) is 18.2 Å². The molecule has 2 fully saturated rings. The summed E-state index contributed by atoms with van der Waals surface area (Å²) in [5.74, 6) is -0.678. The van der Waals surface area contributed by atoms with E-state index in [9.17, 15) is 39.9 Å². The Labute approximate surface area is 325 Å². The van der Waals surface area contributed by atoms with Crippen LogP contribution in [-0.4, -0.2) is 159 Å². The van der Waals surface area contributed by atoms with Crippen molar-refractivity contribution >= 4 is 16.7 Å². The molecule has 308 valence electrons. The first-order valence-corrected chi connectivity index (χ1v) is 18.9. The number of aromatic amines is 3. The predicted octanol–water partition coefficient (Wildman–Crippen LogP) is -3.93. The molecular formula is C38H50N8O11. The Morgan fingerprint density at radius 3 is 1.79 bits per heavy atom. The Bertz CT molecular complexity index is 2150. The number of nitrogens with one attached hydrogen (secondary N) is 4. The summed E-state index contributed by atoms with van der Waals surface area (Å²) in [7, 11) is 0. The van der Waals surface area contributed by atoms with Crippen molar-refractivity contribution in [3.63, 3.8) is 0 Å². The van der Waals surface area contributed by atoms with E-state index in [1.165, 1.54) is 19.0 Å². The molecule has 12 N–H and O–H groups in total. The number of allylic oxidation sites excluding steroid dienone is 3. The average Bonchev–Trinajstić information content (AvgIpc) is 4.05. The molecule has 0 radical (unpaired) electrons. The fourth-order valence-electron chi connectivity index (χ4n) is 8.03. The molecule has 0 amide bonds. The van der Waals surface area contributed by atoms with Gasteiger partial charge in [0.15, 0.2) is 0 Å². The van der Waals surface area contributed by atoms with Gasteiger partial charge < -0.3 is 61.1 Å². The van der Waals surface area contributed by atoms with Crippen molar-refractivity contribution in [2.24, 2.45) is 17.8 Å². The molecule has 8 rings (SSSR count). The molecule has 8 atom stereocenters. The van der Waals surface area contributed by atoms with Gasteiger partial charge in [-0.15, -0.1) is 0 Å². The quantitative estimate of drug-likeness (QED) is 0.0882. The molecule has 4 aliphatic carbocycles. The molecule has 19 heteroatoms. The Balaban J connectivity index is 0.000000145. The normalized spacial score (nSPS) is 25.6. The summed E-state index contributed by atoms with van der Waals surface area (Å²) in [4.78, 5) is 57.1. The van der Waals surface area contributed by atoms with Crippen molar-refractivity contribution in [3.05, 3.63) is 102 Å². The van der Waals surface area contributed by atoms with Crippen LogP contribution in [0.3, 0.4) is 0 Å². The number of hydrogen-bond acceptors (Lipinski definition) is 16. The molecule has 0 aromatic carbocycles. The molecule has 3 aromatic rings. The zero-order valence-electron chi connectivity index (χ0n) is 31.2. The second kappa shape index (κ2) is 18.8. The molecule has 1 saturated heterocycles. The monoisotopic (exact) mass is 794 g/mol. The number of β-amino-alcohol motifs (C(OH)–C–C–N with tert-alkyl or cyclic N) is 1. The number of rotatable bonds is 11. The molecule has 5 aliphatic rings. The largest absolute Gasteiger partial charge is 0.396 e. The van der Waals surface area contributed by atoms with Crippen LogP contribution in [0.2, 0.25) is 0 Å². The Morgan fingerprint density at radius 2 is 1.25 bits per heavy atom. The SMILES string of the molecule is O=c1[nH]cnc2c1CC=C2CN1C[C@H](CO)[C@@H](O)C1.O=c1[nH]cnc2c1CC=C2CN[C@H](CO)[C@H](O)CO.O=c1[nH]cnc2c1CC=C2[C@@H]1C[C@H](CO)[C@@H](O)[C@H]1O. The van der Waals surface area contributed by atoms with Gasteiger partial charge in [0.2, 0.25) is 0 Å². The van der Waals surface area contributed by atoms with Crippen LogP contribution < -0.4 is 22.0 Å². The summed E-state index contributed by atoms with van der Waals surface area (Å²) in [5, 5.41) is 78.5. The highest BCUT2D eigenvalue weighted by Gasteiger charge is 2.44. The van der Waals surface area contributed by atoms with E-state index in [4.69, 9.17) is 15.3 Å². The average molecular weight is 795 g/mol. The van der Waals surface area contributed by atoms with Gasteiger partial charge >= 0.3 is 0 Å². The smallest absolute Gasteiger partial charge is 0.254 e. The van der Waals surface area contributed by atoms with E-state index in [2.05, 4.69) is 40.1 Å². The lowest BCUT2D eigenvalue weighted by Crippen LogP contribution is -2.45. The molecular weight excluding hydrogens is 744 g/mol. The minimum atomic E-state index is -1.03. The highest BCUT2D eigenvalue weighted by molar-refractivity contribution is 5.73. The van der Waals surface area contributed by atoms with Gasteiger partial charge in [-0.25, -0.2) is 15.0 Å². The number of likely N-dealkylation sites (tertiary alicyclic amines) is 1. The van der Waals surface area contributed by atoms with Crippen molar-refractivity contribution < 1.29 is 40.9 Å². The fraction of sp³-hybridized carbons (Fsp3) is 0.526. The number of aliphatic hydroxyl groups is 8. The van der Waals surface area contributed by atoms with Gasteiger partial charge in [-0.05, 0) is 42.4 Å². The van der Waals surface area contributed by atoms with Gasteiger partial charge in [-0.2, -0.15) is 0 Å². The minimum Gasteiger partial charge on any atom is -0.396 e. The first-order chi connectivity index (χ1) is 27.5. The maximum Gasteiger partial charge on any atom is 0.254 e. The molecule has 19 nitrogen and oxygen atoms in total. The number of fused-ring (bicyclic) bond motifs is 3. The summed E-state index contributed by atoms with van der Waals surface area (Å²) in [5.41, 5.74) is 6.28. The van der Waals surface area contributed by atoms with Crippen molar-refractivity contribution in [3.8, 4) is 0 Å². The second-order valence-corrected chi connectivity index (χ2v) is 14.8. The van der Waals surface area contributed by atoms with Crippen molar-refractivity contribution in [2.45, 2.75) is 56.1 Å². The number of aromatic nitrogens is 6. The molecule has 1 saturated carbocycles. The topological polar surface area (TPSA) is 314 Å². The van der Waals surface area contributed by atoms with Crippen LogP contribution in [0, 0.1) is 17.8 Å². The number of aliphatic hydroxyl groups excluding tert-OH is 8. The van der Waals surface area contributed by atoms with Crippen LogP contribution in [0.1, 0.15) is 40.2 Å². The molecule has 1 aliphatic heterocycles. The molecule has 3 aromatic heterocycles. The Hall–Kier alpha value is -4.54. The summed E-state index contributed by atoms with van der Waals surface area (Å²) in [6, 6.07) is -0.614. The number of hydrogen-bond donors (Lipinski definition) is 12. The third-order valence-corrected chi connectivity index (χ3v) is 11.3. The highest BCUT2D eigenvalue weighted by atomic mass is 16.3. The highest BCUT2D eigenvalue weighted by Crippen LogP contribution is 2.42. The molecule has 0 unspecified atom stereocenters. The van der Waals surface area contributed by atoms with Crippen LogP contribution in [0.4, 0.5) is 0 Å². The second-order valence-electron chi connectivity index (χ2n) is 14.8. The third-order valence-electron chi connectivity index (χ3n) is 11.3. The van der Waals surface area contributed by atoms with E-state index in [1.54, 1.807) is 0 Å². The predicted molar refractivity (Wildman–Crippen MR) is 205 cm³/mol. The molecule has 4 heterocycles. The van der Waals surface area contributed by atoms with Gasteiger partial charge in [-0.1, -0.05) is 18.2 Å². The molecule has 57 heavy (non-hydrogen) atoms. The van der Waals surface area contributed by atoms with Crippen LogP contribution in [0.15, 0.2) is 51.6 Å². The van der Waals surface area contributed by atoms with Crippen LogP contribution >= 0.6 is 0 Å². The lowest BCUT2D eigenvalue weighted by atomic mass is 9.93. The Kier molecular flexibility index (Phi) is 13.9. The lowest BCUT2D eigenvalue weighted by molar-refractivity contribution is 0.000273. The number of nitrogens with zero attached hydrogens (tertiary/aromatic N) is 4. The van der Waals surface area contributed by atoms with E-state index in [0.29, 0.717) is 74.4 Å². The number of H-pyrrole nitrogens is 3. The van der Waals surface area contributed by atoms with E-state index < -0.39 is 37.1 Å². The first kappa shape index (κ1) is 42.1. The van der Waals surface area contributed by atoms with Crippen LogP contribution in [0.5, 0.6) is 0 Å². The minimum absolute atomic E-state index is 0.00518. The van der Waals surface area contributed by atoms with Gasteiger partial charge in [0.25, 0.3) is 16.7 Å². The van der Waals surface area contributed by atoms with Crippen molar-refractivity contribution in [1.29, 1.82) is 0 Å². The summed E-state index contributed by atoms with van der Waals surface area (Å²) in [6.45, 7) is 1.40. The van der Waals surface area contributed by atoms with Crippen molar-refractivity contribution in [1.82, 2.24) is 40.1 Å². The third kappa shape index (κ3) is 9.12. The van der Waals surface area contributed by atoms with Gasteiger partial charge in [-0.3, -0.25) is 19.3 Å². The van der Waals surface area contributed by atoms with Crippen LogP contribution in [0.25, 0.3) is 16.7 Å². The van der Waals surface area contributed by atoms with Crippen LogP contribution in [-0.2, 0) is 19.3 Å².